The second kappa shape index (κ2) is 5.57. The maximum absolute atomic E-state index is 11.5. The summed E-state index contributed by atoms with van der Waals surface area (Å²) in [6.07, 6.45) is 0.564. The number of carbonyl (C=O) groups is 1. The maximum atomic E-state index is 11.5. The van der Waals surface area contributed by atoms with Crippen molar-refractivity contribution in [2.24, 2.45) is 0 Å². The zero-order chi connectivity index (χ0) is 14.7. The van der Waals surface area contributed by atoms with Crippen molar-refractivity contribution in [1.29, 1.82) is 0 Å². The van der Waals surface area contributed by atoms with Crippen LogP contribution in [0.15, 0.2) is 24.3 Å². The normalized spacial score (nSPS) is 12.1. The first-order chi connectivity index (χ1) is 8.57. The molecule has 0 unspecified atom stereocenters. The summed E-state index contributed by atoms with van der Waals surface area (Å²) in [5.41, 5.74) is 0.537. The van der Waals surface area contributed by atoms with Gasteiger partial charge in [-0.3, -0.25) is 9.52 Å². The van der Waals surface area contributed by atoms with Gasteiger partial charge in [0.2, 0.25) is 10.0 Å². The molecular weight excluding hydrogens is 294 g/mol. The van der Waals surface area contributed by atoms with Crippen molar-refractivity contribution >= 4 is 31.5 Å². The van der Waals surface area contributed by atoms with Crippen molar-refractivity contribution < 1.29 is 26.7 Å². The smallest absolute Gasteiger partial charge is 0.307 e. The maximum Gasteiger partial charge on any atom is 0.307 e. The van der Waals surface area contributed by atoms with Crippen molar-refractivity contribution in [3.8, 4) is 0 Å². The lowest BCUT2D eigenvalue weighted by Crippen LogP contribution is -2.22. The quantitative estimate of drug-likeness (QED) is 0.767. The molecule has 7 nitrogen and oxygen atoms in total. The lowest BCUT2D eigenvalue weighted by molar-refractivity contribution is -0.136. The molecule has 0 radical (unpaired) electrons. The highest BCUT2D eigenvalue weighted by Gasteiger charge is 2.18. The SMILES string of the molecule is CS(=O)(=O)CS(=O)(=O)Nc1cccc(CC(=O)O)c1. The molecule has 0 amide bonds. The average Bonchev–Trinajstić information content (AvgIpc) is 2.11. The molecule has 0 fully saturated rings. The Morgan fingerprint density at radius 3 is 2.42 bits per heavy atom. The monoisotopic (exact) mass is 307 g/mol. The number of carboxylic acids is 1. The van der Waals surface area contributed by atoms with Crippen LogP contribution < -0.4 is 4.72 Å². The van der Waals surface area contributed by atoms with Crippen molar-refractivity contribution in [3.63, 3.8) is 0 Å². The molecule has 1 aromatic rings. The van der Waals surface area contributed by atoms with Crippen LogP contribution in [-0.4, -0.2) is 39.3 Å². The fourth-order valence-electron chi connectivity index (χ4n) is 1.41. The van der Waals surface area contributed by atoms with Crippen LogP contribution in [0.4, 0.5) is 5.69 Å². The molecular formula is C10H13NO6S2. The van der Waals surface area contributed by atoms with Crippen molar-refractivity contribution in [2.45, 2.75) is 6.42 Å². The van der Waals surface area contributed by atoms with Crippen LogP contribution in [-0.2, 0) is 31.1 Å². The Hall–Kier alpha value is -1.61. The zero-order valence-electron chi connectivity index (χ0n) is 10.0. The lowest BCUT2D eigenvalue weighted by Gasteiger charge is -2.08. The van der Waals surface area contributed by atoms with Crippen molar-refractivity contribution in [3.05, 3.63) is 29.8 Å². The van der Waals surface area contributed by atoms with Crippen LogP contribution >= 0.6 is 0 Å². The number of anilines is 1. The third-order valence-electron chi connectivity index (χ3n) is 1.92. The summed E-state index contributed by atoms with van der Waals surface area (Å²) in [5.74, 6) is -1.05. The van der Waals surface area contributed by atoms with E-state index in [0.717, 1.165) is 6.26 Å². The van der Waals surface area contributed by atoms with Crippen LogP contribution in [0.5, 0.6) is 0 Å². The number of nitrogens with one attached hydrogen (secondary N) is 1. The predicted octanol–water partition coefficient (Wildman–Crippen LogP) is 0.0575. The average molecular weight is 307 g/mol. The molecule has 19 heavy (non-hydrogen) atoms. The fourth-order valence-corrected chi connectivity index (χ4v) is 4.39. The molecule has 0 spiro atoms. The first-order valence-corrected chi connectivity index (χ1v) is 8.78. The Bertz CT molecular complexity index is 678. The summed E-state index contributed by atoms with van der Waals surface area (Å²) in [6.45, 7) is 0. The number of hydrogen-bond donors (Lipinski definition) is 2. The molecule has 2 N–H and O–H groups in total. The Morgan fingerprint density at radius 1 is 1.26 bits per heavy atom. The summed E-state index contributed by atoms with van der Waals surface area (Å²) < 4.78 is 47.1. The summed E-state index contributed by atoms with van der Waals surface area (Å²) in [6, 6.07) is 5.76. The molecule has 9 heteroatoms. The molecule has 0 saturated carbocycles. The van der Waals surface area contributed by atoms with Crippen LogP contribution in [0, 0.1) is 0 Å². The Labute approximate surface area is 111 Å². The number of rotatable bonds is 6. The van der Waals surface area contributed by atoms with E-state index < -0.39 is 30.9 Å². The minimum atomic E-state index is -4.02. The predicted molar refractivity (Wildman–Crippen MR) is 70.0 cm³/mol. The Kier molecular flexibility index (Phi) is 4.53. The van der Waals surface area contributed by atoms with Gasteiger partial charge in [-0.25, -0.2) is 16.8 Å². The molecule has 0 atom stereocenters. The van der Waals surface area contributed by atoms with Gasteiger partial charge in [0.05, 0.1) is 6.42 Å². The number of aliphatic carboxylic acids is 1. The molecule has 106 valence electrons. The summed E-state index contributed by atoms with van der Waals surface area (Å²) in [5, 5.41) is 7.60. The van der Waals surface area contributed by atoms with Gasteiger partial charge in [0.15, 0.2) is 14.9 Å². The highest BCUT2D eigenvalue weighted by molar-refractivity contribution is 8.08. The molecule has 0 aliphatic carbocycles. The zero-order valence-corrected chi connectivity index (χ0v) is 11.7. The Balaban J connectivity index is 2.91. The summed E-state index contributed by atoms with van der Waals surface area (Å²) in [4.78, 5) is 10.5. The third-order valence-corrected chi connectivity index (χ3v) is 5.43. The highest BCUT2D eigenvalue weighted by Crippen LogP contribution is 2.13. The number of hydrogen-bond acceptors (Lipinski definition) is 5. The van der Waals surface area contributed by atoms with Crippen LogP contribution in [0.3, 0.4) is 0 Å². The van der Waals surface area contributed by atoms with E-state index in [1.807, 2.05) is 0 Å². The standard InChI is InChI=1S/C10H13NO6S2/c1-18(14,15)7-19(16,17)11-9-4-2-3-8(5-9)6-10(12)13/h2-5,11H,6-7H2,1H3,(H,12,13). The minimum absolute atomic E-state index is 0.127. The van der Waals surface area contributed by atoms with Crippen molar-refractivity contribution in [2.75, 3.05) is 16.1 Å². The van der Waals surface area contributed by atoms with Gasteiger partial charge in [0.1, 0.15) is 0 Å². The first-order valence-electron chi connectivity index (χ1n) is 5.06. The van der Waals surface area contributed by atoms with Gasteiger partial charge in [-0.2, -0.15) is 0 Å². The number of sulfone groups is 1. The van der Waals surface area contributed by atoms with E-state index in [-0.39, 0.29) is 12.1 Å². The number of benzene rings is 1. The molecule has 0 saturated heterocycles. The van der Waals surface area contributed by atoms with E-state index in [2.05, 4.69) is 4.72 Å². The first kappa shape index (κ1) is 15.4. The van der Waals surface area contributed by atoms with E-state index >= 15 is 0 Å². The molecule has 1 rings (SSSR count). The third kappa shape index (κ3) is 6.20. The molecule has 0 aliphatic rings. The lowest BCUT2D eigenvalue weighted by atomic mass is 10.1. The van der Waals surface area contributed by atoms with Crippen LogP contribution in [0.2, 0.25) is 0 Å². The topological polar surface area (TPSA) is 118 Å². The molecule has 0 heterocycles. The molecule has 1 aromatic carbocycles. The summed E-state index contributed by atoms with van der Waals surface area (Å²) >= 11 is 0. The van der Waals surface area contributed by atoms with Crippen LogP contribution in [0.1, 0.15) is 5.56 Å². The van der Waals surface area contributed by atoms with E-state index in [4.69, 9.17) is 5.11 Å². The van der Waals surface area contributed by atoms with Gasteiger partial charge < -0.3 is 5.11 Å². The highest BCUT2D eigenvalue weighted by atomic mass is 32.3. The van der Waals surface area contributed by atoms with Gasteiger partial charge in [0.25, 0.3) is 0 Å². The number of carboxylic acid groups (broad SMARTS) is 1. The summed E-state index contributed by atoms with van der Waals surface area (Å²) in [7, 11) is -7.70. The van der Waals surface area contributed by atoms with E-state index in [1.54, 1.807) is 0 Å². The number of sulfonamides is 1. The van der Waals surface area contributed by atoms with Gasteiger partial charge >= 0.3 is 5.97 Å². The van der Waals surface area contributed by atoms with E-state index in [1.165, 1.54) is 24.3 Å². The second-order valence-electron chi connectivity index (χ2n) is 4.03. The minimum Gasteiger partial charge on any atom is -0.481 e. The van der Waals surface area contributed by atoms with E-state index in [0.29, 0.717) is 5.56 Å². The molecule has 0 aromatic heterocycles. The fraction of sp³-hybridized carbons (Fsp3) is 0.300. The largest absolute Gasteiger partial charge is 0.481 e. The van der Waals surface area contributed by atoms with Gasteiger partial charge in [-0.1, -0.05) is 12.1 Å². The van der Waals surface area contributed by atoms with Gasteiger partial charge in [0, 0.05) is 11.9 Å². The van der Waals surface area contributed by atoms with Gasteiger partial charge in [-0.15, -0.1) is 0 Å². The Morgan fingerprint density at radius 2 is 1.89 bits per heavy atom. The van der Waals surface area contributed by atoms with E-state index in [9.17, 15) is 21.6 Å². The second-order valence-corrected chi connectivity index (χ2v) is 8.26. The van der Waals surface area contributed by atoms with Gasteiger partial charge in [-0.05, 0) is 17.7 Å². The molecule has 0 bridgehead atoms. The van der Waals surface area contributed by atoms with Crippen molar-refractivity contribution in [1.82, 2.24) is 0 Å². The van der Waals surface area contributed by atoms with Crippen LogP contribution in [0.25, 0.3) is 0 Å². The molecule has 0 aliphatic heterocycles.